The number of amides is 3. The van der Waals surface area contributed by atoms with Gasteiger partial charge < -0.3 is 19.7 Å². The molecule has 0 radical (unpaired) electrons. The van der Waals surface area contributed by atoms with Crippen LogP contribution in [0.3, 0.4) is 0 Å². The number of hydrogen-bond donors (Lipinski definition) is 2. The highest BCUT2D eigenvalue weighted by Crippen LogP contribution is 2.32. The lowest BCUT2D eigenvalue weighted by Gasteiger charge is -2.33. The first-order valence-corrected chi connectivity index (χ1v) is 12.8. The van der Waals surface area contributed by atoms with Crippen LogP contribution in [-0.2, 0) is 20.9 Å². The monoisotopic (exact) mass is 469 g/mol. The summed E-state index contributed by atoms with van der Waals surface area (Å²) in [5.74, 6) is 0.724. The minimum atomic E-state index is -0.593. The molecular weight excluding hydrogens is 434 g/mol. The van der Waals surface area contributed by atoms with Crippen molar-refractivity contribution in [3.05, 3.63) is 29.3 Å². The average Bonchev–Trinajstić information content (AvgIpc) is 3.16. The third kappa shape index (κ3) is 5.13. The van der Waals surface area contributed by atoms with E-state index in [1.54, 1.807) is 4.90 Å². The van der Waals surface area contributed by atoms with E-state index in [1.165, 1.54) is 12.8 Å². The summed E-state index contributed by atoms with van der Waals surface area (Å²) in [6.07, 6.45) is 8.77. The van der Waals surface area contributed by atoms with Crippen molar-refractivity contribution in [3.8, 4) is 5.75 Å². The van der Waals surface area contributed by atoms with Crippen molar-refractivity contribution in [2.24, 2.45) is 5.92 Å². The van der Waals surface area contributed by atoms with Gasteiger partial charge in [-0.15, -0.1) is 0 Å². The number of nitrogens with zero attached hydrogens (tertiary/aromatic N) is 1. The smallest absolute Gasteiger partial charge is 0.255 e. The first kappa shape index (κ1) is 23.3. The summed E-state index contributed by atoms with van der Waals surface area (Å²) in [4.78, 5) is 38.3. The van der Waals surface area contributed by atoms with Gasteiger partial charge in [-0.25, -0.2) is 0 Å². The molecule has 3 heterocycles. The number of piperidine rings is 1. The van der Waals surface area contributed by atoms with Gasteiger partial charge in [0.2, 0.25) is 11.8 Å². The van der Waals surface area contributed by atoms with Crippen molar-refractivity contribution < 1.29 is 23.9 Å². The largest absolute Gasteiger partial charge is 0.489 e. The summed E-state index contributed by atoms with van der Waals surface area (Å²) in [5, 5.41) is 6.11. The van der Waals surface area contributed by atoms with E-state index in [9.17, 15) is 14.4 Å². The first-order chi connectivity index (χ1) is 16.6. The quantitative estimate of drug-likeness (QED) is 0.596. The van der Waals surface area contributed by atoms with Crippen LogP contribution < -0.4 is 15.4 Å². The lowest BCUT2D eigenvalue weighted by atomic mass is 9.91. The highest BCUT2D eigenvalue weighted by molar-refractivity contribution is 6.05. The Kier molecular flexibility index (Phi) is 7.15. The molecule has 0 spiro atoms. The second kappa shape index (κ2) is 10.4. The van der Waals surface area contributed by atoms with Crippen LogP contribution in [0.1, 0.15) is 73.7 Å². The molecule has 2 saturated heterocycles. The maximum absolute atomic E-state index is 12.9. The molecule has 184 valence electrons. The number of nitrogens with one attached hydrogen (secondary N) is 2. The summed E-state index contributed by atoms with van der Waals surface area (Å²) >= 11 is 0. The van der Waals surface area contributed by atoms with Crippen LogP contribution in [0.2, 0.25) is 0 Å². The molecule has 0 bridgehead atoms. The molecule has 1 saturated carbocycles. The molecule has 3 fully saturated rings. The summed E-state index contributed by atoms with van der Waals surface area (Å²) in [5.41, 5.74) is 1.50. The van der Waals surface area contributed by atoms with Crippen molar-refractivity contribution >= 4 is 17.7 Å². The van der Waals surface area contributed by atoms with Gasteiger partial charge in [-0.05, 0) is 81.2 Å². The van der Waals surface area contributed by atoms with E-state index in [0.29, 0.717) is 24.6 Å². The number of fused-ring (bicyclic) bond motifs is 1. The third-order valence-electron chi connectivity index (χ3n) is 7.78. The maximum atomic E-state index is 12.9. The molecule has 2 N–H and O–H groups in total. The van der Waals surface area contributed by atoms with Crippen LogP contribution in [0.15, 0.2) is 18.2 Å². The van der Waals surface area contributed by atoms with Gasteiger partial charge in [0, 0.05) is 37.8 Å². The fraction of sp³-hybridized carbons (Fsp3) is 0.654. The molecule has 34 heavy (non-hydrogen) atoms. The van der Waals surface area contributed by atoms with Crippen molar-refractivity contribution in [3.63, 3.8) is 0 Å². The molecule has 8 nitrogen and oxygen atoms in total. The Morgan fingerprint density at radius 2 is 1.88 bits per heavy atom. The third-order valence-corrected chi connectivity index (χ3v) is 7.78. The van der Waals surface area contributed by atoms with Gasteiger partial charge in [-0.3, -0.25) is 19.7 Å². The Balaban J connectivity index is 1.19. The van der Waals surface area contributed by atoms with E-state index in [-0.39, 0.29) is 30.2 Å². The van der Waals surface area contributed by atoms with Crippen LogP contribution in [0.4, 0.5) is 0 Å². The molecule has 1 aromatic rings. The van der Waals surface area contributed by atoms with Gasteiger partial charge in [0.15, 0.2) is 0 Å². The Hall–Kier alpha value is -2.45. The number of ether oxygens (including phenoxy) is 2. The average molecular weight is 470 g/mol. The maximum Gasteiger partial charge on any atom is 0.255 e. The molecular formula is C26H35N3O5. The highest BCUT2D eigenvalue weighted by atomic mass is 16.5. The Bertz CT molecular complexity index is 929. The topological polar surface area (TPSA) is 97.0 Å². The van der Waals surface area contributed by atoms with Crippen LogP contribution >= 0.6 is 0 Å². The standard InChI is InChI=1S/C26H35N3O5/c30-24-8-7-22(25(31)28-24)29-16-18-15-19(5-6-20(18)26(29)32)34-23-4-2-1-3-21(23)27-12-9-17-10-13-33-14-11-17/h5-6,15,17,21-23,27H,1-4,7-14,16H2,(H,28,30,31)/t21-,22?,23+/m1/s1. The van der Waals surface area contributed by atoms with Gasteiger partial charge in [0.1, 0.15) is 17.9 Å². The molecule has 1 aliphatic carbocycles. The number of hydrogen-bond acceptors (Lipinski definition) is 6. The van der Waals surface area contributed by atoms with E-state index < -0.39 is 6.04 Å². The number of rotatable bonds is 7. The molecule has 0 aromatic heterocycles. The van der Waals surface area contributed by atoms with Crippen molar-refractivity contribution in [1.29, 1.82) is 0 Å². The van der Waals surface area contributed by atoms with E-state index in [4.69, 9.17) is 9.47 Å². The van der Waals surface area contributed by atoms with Crippen LogP contribution in [0.25, 0.3) is 0 Å². The summed E-state index contributed by atoms with van der Waals surface area (Å²) in [6, 6.07) is 5.38. The zero-order valence-electron chi connectivity index (χ0n) is 19.7. The number of carbonyl (C=O) groups is 3. The SMILES string of the molecule is O=C1CCC(N2Cc3cc(O[C@H]4CCCC[C@H]4NCCC4CCOCC4)ccc3C2=O)C(=O)N1. The second-order valence-corrected chi connectivity index (χ2v) is 10.1. The molecule has 3 aliphatic heterocycles. The number of benzene rings is 1. The summed E-state index contributed by atoms with van der Waals surface area (Å²) in [6.45, 7) is 3.16. The highest BCUT2D eigenvalue weighted by Gasteiger charge is 2.39. The van der Waals surface area contributed by atoms with Crippen molar-refractivity contribution in [1.82, 2.24) is 15.5 Å². The summed E-state index contributed by atoms with van der Waals surface area (Å²) in [7, 11) is 0. The summed E-state index contributed by atoms with van der Waals surface area (Å²) < 4.78 is 11.9. The first-order valence-electron chi connectivity index (χ1n) is 12.8. The number of carbonyl (C=O) groups excluding carboxylic acids is 3. The minimum Gasteiger partial charge on any atom is -0.489 e. The lowest BCUT2D eigenvalue weighted by Crippen LogP contribution is -2.52. The number of imide groups is 1. The zero-order valence-corrected chi connectivity index (χ0v) is 19.7. The Morgan fingerprint density at radius 1 is 1.06 bits per heavy atom. The van der Waals surface area contributed by atoms with Gasteiger partial charge in [-0.2, -0.15) is 0 Å². The van der Waals surface area contributed by atoms with E-state index in [1.807, 2.05) is 18.2 Å². The van der Waals surface area contributed by atoms with Gasteiger partial charge in [0.05, 0.1) is 0 Å². The second-order valence-electron chi connectivity index (χ2n) is 10.1. The Labute approximate surface area is 200 Å². The van der Waals surface area contributed by atoms with E-state index >= 15 is 0 Å². The van der Waals surface area contributed by atoms with Crippen LogP contribution in [0.5, 0.6) is 5.75 Å². The fourth-order valence-electron chi connectivity index (χ4n) is 5.78. The molecule has 5 rings (SSSR count). The predicted octanol–water partition coefficient (Wildman–Crippen LogP) is 2.54. The molecule has 1 aromatic carbocycles. The van der Waals surface area contributed by atoms with E-state index in [2.05, 4.69) is 10.6 Å². The predicted molar refractivity (Wildman–Crippen MR) is 125 cm³/mol. The molecule has 3 atom stereocenters. The van der Waals surface area contributed by atoms with Crippen LogP contribution in [0, 0.1) is 5.92 Å². The van der Waals surface area contributed by atoms with Crippen molar-refractivity contribution in [2.75, 3.05) is 19.8 Å². The molecule has 8 heteroatoms. The normalized spacial score (nSPS) is 28.1. The van der Waals surface area contributed by atoms with E-state index in [0.717, 1.165) is 69.1 Å². The zero-order chi connectivity index (χ0) is 23.5. The fourth-order valence-corrected chi connectivity index (χ4v) is 5.78. The lowest BCUT2D eigenvalue weighted by molar-refractivity contribution is -0.136. The van der Waals surface area contributed by atoms with Crippen LogP contribution in [-0.4, -0.2) is 60.6 Å². The van der Waals surface area contributed by atoms with Gasteiger partial charge >= 0.3 is 0 Å². The van der Waals surface area contributed by atoms with Crippen molar-refractivity contribution in [2.45, 2.75) is 82.5 Å². The minimum absolute atomic E-state index is 0.116. The Morgan fingerprint density at radius 3 is 2.71 bits per heavy atom. The molecule has 3 amide bonds. The molecule has 1 unspecified atom stereocenters. The molecule has 4 aliphatic rings. The van der Waals surface area contributed by atoms with Gasteiger partial charge in [0.25, 0.3) is 5.91 Å². The van der Waals surface area contributed by atoms with Gasteiger partial charge in [-0.1, -0.05) is 6.42 Å².